The van der Waals surface area contributed by atoms with E-state index in [-0.39, 0.29) is 18.1 Å². The second kappa shape index (κ2) is 8.00. The molecule has 0 heterocycles. The van der Waals surface area contributed by atoms with Gasteiger partial charge in [-0.1, -0.05) is 12.1 Å². The molecule has 0 atom stereocenters. The van der Waals surface area contributed by atoms with Crippen LogP contribution >= 0.6 is 0 Å². The highest BCUT2D eigenvalue weighted by Gasteiger charge is 2.16. The summed E-state index contributed by atoms with van der Waals surface area (Å²) in [5.41, 5.74) is 5.58. The summed E-state index contributed by atoms with van der Waals surface area (Å²) >= 11 is 0. The van der Waals surface area contributed by atoms with Gasteiger partial charge in [0.2, 0.25) is 10.0 Å². The molecule has 0 bridgehead atoms. The normalized spacial score (nSPS) is 11.3. The molecule has 0 aliphatic carbocycles. The van der Waals surface area contributed by atoms with Crippen LogP contribution in [0, 0.1) is 0 Å². The molecule has 0 spiro atoms. The molecule has 134 valence electrons. The van der Waals surface area contributed by atoms with Crippen molar-refractivity contribution in [1.29, 1.82) is 0 Å². The summed E-state index contributed by atoms with van der Waals surface area (Å²) in [5, 5.41) is 0. The van der Waals surface area contributed by atoms with Crippen LogP contribution in [0.5, 0.6) is 11.5 Å². The largest absolute Gasteiger partial charge is 0.490 e. The van der Waals surface area contributed by atoms with Crippen LogP contribution in [0.1, 0.15) is 10.4 Å². The number of benzene rings is 2. The second-order valence-corrected chi connectivity index (χ2v) is 7.47. The summed E-state index contributed by atoms with van der Waals surface area (Å²) in [7, 11) is -0.512. The molecule has 0 aromatic heterocycles. The number of hydrogen-bond acceptors (Lipinski definition) is 5. The molecule has 25 heavy (non-hydrogen) atoms. The van der Waals surface area contributed by atoms with Crippen LogP contribution in [0.3, 0.4) is 0 Å². The number of carbonyl (C=O) groups excluding carboxylic acids is 1. The third-order valence-corrected chi connectivity index (χ3v) is 5.19. The number of carbonyl (C=O) groups is 1. The van der Waals surface area contributed by atoms with Crippen LogP contribution in [0.25, 0.3) is 0 Å². The second-order valence-electron chi connectivity index (χ2n) is 5.32. The fourth-order valence-corrected chi connectivity index (χ4v) is 2.93. The first kappa shape index (κ1) is 18.8. The fourth-order valence-electron chi connectivity index (χ4n) is 2.03. The van der Waals surface area contributed by atoms with Gasteiger partial charge >= 0.3 is 0 Å². The maximum Gasteiger partial charge on any atom is 0.252 e. The van der Waals surface area contributed by atoms with Crippen LogP contribution in [0.4, 0.5) is 0 Å². The topological polar surface area (TPSA) is 98.9 Å². The van der Waals surface area contributed by atoms with Gasteiger partial charge in [-0.15, -0.1) is 0 Å². The highest BCUT2D eigenvalue weighted by atomic mass is 32.2. The summed E-state index contributed by atoms with van der Waals surface area (Å²) in [4.78, 5) is 11.5. The average molecular weight is 364 g/mol. The number of rotatable bonds is 8. The van der Waals surface area contributed by atoms with Gasteiger partial charge in [-0.3, -0.25) is 4.79 Å². The molecule has 8 heteroatoms. The Hall–Kier alpha value is -2.58. The summed E-state index contributed by atoms with van der Waals surface area (Å²) in [6.45, 7) is 0.439. The molecule has 0 saturated carbocycles. The summed E-state index contributed by atoms with van der Waals surface area (Å²) in [6.07, 6.45) is 0. The van der Waals surface area contributed by atoms with E-state index in [2.05, 4.69) is 0 Å². The minimum absolute atomic E-state index is 0.191. The quantitative estimate of drug-likeness (QED) is 0.716. The van der Waals surface area contributed by atoms with Gasteiger partial charge in [0.1, 0.15) is 24.7 Å². The van der Waals surface area contributed by atoms with E-state index in [9.17, 15) is 13.2 Å². The molecule has 2 N–H and O–H groups in total. The Kier molecular flexibility index (Phi) is 6.00. The van der Waals surface area contributed by atoms with Crippen LogP contribution in [-0.2, 0) is 10.0 Å². The van der Waals surface area contributed by atoms with Gasteiger partial charge in [0.05, 0.1) is 10.5 Å². The Balaban J connectivity index is 1.90. The molecule has 2 rings (SSSR count). The monoisotopic (exact) mass is 364 g/mol. The maximum absolute atomic E-state index is 12.0. The summed E-state index contributed by atoms with van der Waals surface area (Å²) in [5.74, 6) is 0.352. The van der Waals surface area contributed by atoms with Gasteiger partial charge in [0.15, 0.2) is 0 Å². The van der Waals surface area contributed by atoms with Crippen molar-refractivity contribution in [1.82, 2.24) is 4.31 Å². The molecule has 0 unspecified atom stereocenters. The van der Waals surface area contributed by atoms with Gasteiger partial charge in [0, 0.05) is 14.1 Å². The molecule has 0 aliphatic rings. The van der Waals surface area contributed by atoms with E-state index in [1.54, 1.807) is 36.4 Å². The van der Waals surface area contributed by atoms with Gasteiger partial charge in [-0.2, -0.15) is 0 Å². The molecule has 2 aromatic carbocycles. The lowest BCUT2D eigenvalue weighted by molar-refractivity contribution is 0.0995. The van der Waals surface area contributed by atoms with E-state index in [4.69, 9.17) is 15.2 Å². The van der Waals surface area contributed by atoms with E-state index in [1.165, 1.54) is 26.2 Å². The standard InChI is InChI=1S/C17H20N2O5S/c1-19(2)25(21,22)14-9-7-13(8-10-14)23-11-12-24-16-6-4-3-5-15(16)17(18)20/h3-10H,11-12H2,1-2H3,(H2,18,20). The SMILES string of the molecule is CN(C)S(=O)(=O)c1ccc(OCCOc2ccccc2C(N)=O)cc1. The maximum atomic E-state index is 12.0. The Morgan fingerprint density at radius 3 is 2.20 bits per heavy atom. The van der Waals surface area contributed by atoms with Crippen molar-refractivity contribution in [2.45, 2.75) is 4.90 Å². The van der Waals surface area contributed by atoms with Crippen LogP contribution < -0.4 is 15.2 Å². The molecule has 0 aliphatic heterocycles. The first-order chi connectivity index (χ1) is 11.8. The zero-order valence-electron chi connectivity index (χ0n) is 14.0. The molecule has 1 amide bonds. The molecule has 2 aromatic rings. The van der Waals surface area contributed by atoms with Crippen molar-refractivity contribution in [2.24, 2.45) is 5.73 Å². The Labute approximate surface area is 147 Å². The third-order valence-electron chi connectivity index (χ3n) is 3.36. The molecule has 0 radical (unpaired) electrons. The fraction of sp³-hybridized carbons (Fsp3) is 0.235. The number of amides is 1. The molecular formula is C17H20N2O5S. The van der Waals surface area contributed by atoms with Crippen molar-refractivity contribution in [3.05, 3.63) is 54.1 Å². The predicted octanol–water partition coefficient (Wildman–Crippen LogP) is 1.49. The molecule has 0 saturated heterocycles. The first-order valence-electron chi connectivity index (χ1n) is 7.49. The van der Waals surface area contributed by atoms with E-state index in [1.807, 2.05) is 0 Å². The number of primary amides is 1. The number of para-hydroxylation sites is 1. The van der Waals surface area contributed by atoms with E-state index in [0.717, 1.165) is 4.31 Å². The van der Waals surface area contributed by atoms with Gasteiger partial charge in [0.25, 0.3) is 5.91 Å². The number of ether oxygens (including phenoxy) is 2. The number of nitrogens with zero attached hydrogens (tertiary/aromatic N) is 1. The van der Waals surface area contributed by atoms with Crippen molar-refractivity contribution < 1.29 is 22.7 Å². The van der Waals surface area contributed by atoms with E-state index in [0.29, 0.717) is 17.1 Å². The zero-order chi connectivity index (χ0) is 18.4. The predicted molar refractivity (Wildman–Crippen MR) is 93.3 cm³/mol. The minimum atomic E-state index is -3.46. The molecule has 7 nitrogen and oxygen atoms in total. The van der Waals surface area contributed by atoms with E-state index >= 15 is 0 Å². The smallest absolute Gasteiger partial charge is 0.252 e. The zero-order valence-corrected chi connectivity index (χ0v) is 14.8. The summed E-state index contributed by atoms with van der Waals surface area (Å²) < 4.78 is 36.1. The van der Waals surface area contributed by atoms with Gasteiger partial charge < -0.3 is 15.2 Å². The highest BCUT2D eigenvalue weighted by molar-refractivity contribution is 7.89. The average Bonchev–Trinajstić information content (AvgIpc) is 2.59. The van der Waals surface area contributed by atoms with Crippen molar-refractivity contribution in [2.75, 3.05) is 27.3 Å². The number of nitrogens with two attached hydrogens (primary N) is 1. The van der Waals surface area contributed by atoms with Crippen molar-refractivity contribution in [3.63, 3.8) is 0 Å². The number of sulfonamides is 1. The van der Waals surface area contributed by atoms with Gasteiger partial charge in [-0.25, -0.2) is 12.7 Å². The highest BCUT2D eigenvalue weighted by Crippen LogP contribution is 2.19. The van der Waals surface area contributed by atoms with Crippen LogP contribution in [0.15, 0.2) is 53.4 Å². The lowest BCUT2D eigenvalue weighted by Crippen LogP contribution is -2.22. The molecule has 0 fully saturated rings. The first-order valence-corrected chi connectivity index (χ1v) is 8.93. The van der Waals surface area contributed by atoms with Crippen molar-refractivity contribution in [3.8, 4) is 11.5 Å². The number of hydrogen-bond donors (Lipinski definition) is 1. The van der Waals surface area contributed by atoms with Crippen LogP contribution in [-0.4, -0.2) is 45.9 Å². The summed E-state index contributed by atoms with van der Waals surface area (Å²) in [6, 6.07) is 12.8. The Morgan fingerprint density at radius 2 is 1.60 bits per heavy atom. The lowest BCUT2D eigenvalue weighted by atomic mass is 10.2. The van der Waals surface area contributed by atoms with E-state index < -0.39 is 15.9 Å². The lowest BCUT2D eigenvalue weighted by Gasteiger charge is -2.12. The minimum Gasteiger partial charge on any atom is -0.490 e. The molecular weight excluding hydrogens is 344 g/mol. The Bertz CT molecular complexity index is 832. The van der Waals surface area contributed by atoms with Crippen LogP contribution in [0.2, 0.25) is 0 Å². The van der Waals surface area contributed by atoms with Crippen molar-refractivity contribution >= 4 is 15.9 Å². The Morgan fingerprint density at radius 1 is 1.00 bits per heavy atom. The third kappa shape index (κ3) is 4.71. The van der Waals surface area contributed by atoms with Gasteiger partial charge in [-0.05, 0) is 36.4 Å².